The molecule has 7 nitrogen and oxygen atoms in total. The van der Waals surface area contributed by atoms with E-state index in [0.717, 1.165) is 24.1 Å². The molecule has 0 unspecified atom stereocenters. The van der Waals surface area contributed by atoms with Gasteiger partial charge in [0.1, 0.15) is 12.1 Å². The van der Waals surface area contributed by atoms with Gasteiger partial charge in [-0.2, -0.15) is 0 Å². The minimum Gasteiger partial charge on any atom is -0.480 e. The van der Waals surface area contributed by atoms with Crippen LogP contribution in [-0.2, 0) is 41.9 Å². The third kappa shape index (κ3) is 8.52. The number of hydrogen-bond donors (Lipinski definition) is 5. The van der Waals surface area contributed by atoms with Crippen molar-refractivity contribution in [2.75, 3.05) is 6.54 Å². The predicted molar refractivity (Wildman–Crippen MR) is 150 cm³/mol. The quantitative estimate of drug-likeness (QED) is 0.324. The summed E-state index contributed by atoms with van der Waals surface area (Å²) in [5, 5.41) is 27.9. The third-order valence-corrected chi connectivity index (χ3v) is 6.74. The van der Waals surface area contributed by atoms with Crippen LogP contribution >= 0.6 is 0 Å². The van der Waals surface area contributed by atoms with Crippen molar-refractivity contribution in [3.05, 3.63) is 107 Å². The predicted octanol–water partition coefficient (Wildman–Crippen LogP) is 3.80. The van der Waals surface area contributed by atoms with Gasteiger partial charge in [0.15, 0.2) is 0 Å². The Morgan fingerprint density at radius 3 is 1.89 bits per heavy atom. The topological polar surface area (TPSA) is 111 Å². The Hall–Kier alpha value is -3.52. The van der Waals surface area contributed by atoms with Gasteiger partial charge in [0.05, 0.1) is 0 Å². The van der Waals surface area contributed by atoms with E-state index in [1.807, 2.05) is 68.4 Å². The number of rotatable bonds is 7. The van der Waals surface area contributed by atoms with Gasteiger partial charge in [0.25, 0.3) is 0 Å². The van der Waals surface area contributed by atoms with Crippen molar-refractivity contribution < 1.29 is 19.8 Å². The first-order valence-electron chi connectivity index (χ1n) is 13.3. The summed E-state index contributed by atoms with van der Waals surface area (Å²) in [6.45, 7) is 6.16. The van der Waals surface area contributed by atoms with Gasteiger partial charge in [0.2, 0.25) is 0 Å². The van der Waals surface area contributed by atoms with Gasteiger partial charge >= 0.3 is 11.9 Å². The van der Waals surface area contributed by atoms with Crippen molar-refractivity contribution in [1.82, 2.24) is 16.0 Å². The van der Waals surface area contributed by atoms with Crippen molar-refractivity contribution in [3.8, 4) is 0 Å². The number of benzene rings is 3. The Morgan fingerprint density at radius 1 is 0.789 bits per heavy atom. The van der Waals surface area contributed by atoms with E-state index >= 15 is 0 Å². The van der Waals surface area contributed by atoms with E-state index in [9.17, 15) is 14.7 Å². The molecule has 0 saturated heterocycles. The molecule has 7 heteroatoms. The number of hydrogen-bond acceptors (Lipinski definition) is 5. The zero-order valence-electron chi connectivity index (χ0n) is 22.2. The first-order chi connectivity index (χ1) is 18.5. The molecule has 0 spiro atoms. The van der Waals surface area contributed by atoms with Crippen LogP contribution in [-0.4, -0.2) is 46.8 Å². The number of nitrogens with one attached hydrogen (secondary N) is 3. The van der Waals surface area contributed by atoms with Crippen LogP contribution in [0.4, 0.5) is 0 Å². The number of aliphatic carboxylic acids is 2. The molecule has 3 aromatic carbocycles. The van der Waals surface area contributed by atoms with E-state index in [0.29, 0.717) is 25.9 Å². The monoisotopic (exact) mass is 517 g/mol. The molecule has 5 N–H and O–H groups in total. The Morgan fingerprint density at radius 2 is 1.32 bits per heavy atom. The molecule has 2 heterocycles. The molecule has 0 bridgehead atoms. The van der Waals surface area contributed by atoms with Gasteiger partial charge in [-0.1, -0.05) is 92.7 Å². The Balaban J connectivity index is 0.000000225. The van der Waals surface area contributed by atoms with Crippen molar-refractivity contribution in [2.24, 2.45) is 0 Å². The van der Waals surface area contributed by atoms with E-state index in [2.05, 4.69) is 40.2 Å². The lowest BCUT2D eigenvalue weighted by Crippen LogP contribution is -2.48. The van der Waals surface area contributed by atoms with E-state index in [4.69, 9.17) is 5.11 Å². The van der Waals surface area contributed by atoms with E-state index in [-0.39, 0.29) is 6.04 Å². The highest BCUT2D eigenvalue weighted by Crippen LogP contribution is 2.17. The largest absolute Gasteiger partial charge is 0.480 e. The Labute approximate surface area is 225 Å². The van der Waals surface area contributed by atoms with Crippen molar-refractivity contribution in [1.29, 1.82) is 0 Å². The summed E-state index contributed by atoms with van der Waals surface area (Å²) in [7, 11) is 0. The fraction of sp³-hybridized carbons (Fsp3) is 0.355. The third-order valence-electron chi connectivity index (χ3n) is 6.74. The van der Waals surface area contributed by atoms with Gasteiger partial charge < -0.3 is 26.2 Å². The summed E-state index contributed by atoms with van der Waals surface area (Å²) in [5.74, 6) is -1.57. The van der Waals surface area contributed by atoms with Gasteiger partial charge in [0, 0.05) is 25.7 Å². The van der Waals surface area contributed by atoms with Crippen LogP contribution in [0.1, 0.15) is 41.7 Å². The van der Waals surface area contributed by atoms with E-state index < -0.39 is 24.0 Å². The molecule has 0 aromatic heterocycles. The second-order valence-electron chi connectivity index (χ2n) is 9.28. The van der Waals surface area contributed by atoms with Crippen molar-refractivity contribution >= 4 is 11.9 Å². The van der Waals surface area contributed by atoms with Crippen LogP contribution in [0.15, 0.2) is 78.9 Å². The number of fused-ring (bicyclic) bond motifs is 2. The van der Waals surface area contributed by atoms with Crippen molar-refractivity contribution in [2.45, 2.75) is 64.3 Å². The molecule has 0 radical (unpaired) electrons. The molecule has 202 valence electrons. The highest BCUT2D eigenvalue weighted by molar-refractivity contribution is 5.74. The van der Waals surface area contributed by atoms with Crippen LogP contribution in [0.5, 0.6) is 0 Å². The molecule has 2 aliphatic heterocycles. The highest BCUT2D eigenvalue weighted by Gasteiger charge is 2.23. The minimum atomic E-state index is -0.801. The highest BCUT2D eigenvalue weighted by atomic mass is 16.4. The number of carbonyl (C=O) groups is 2. The minimum absolute atomic E-state index is 0.266. The molecule has 5 rings (SSSR count). The van der Waals surface area contributed by atoms with Gasteiger partial charge in [-0.3, -0.25) is 9.59 Å². The maximum Gasteiger partial charge on any atom is 0.321 e. The molecule has 38 heavy (non-hydrogen) atoms. The summed E-state index contributed by atoms with van der Waals surface area (Å²) in [4.78, 5) is 22.2. The van der Waals surface area contributed by atoms with Crippen LogP contribution in [0, 0.1) is 0 Å². The normalized spacial score (nSPS) is 18.3. The summed E-state index contributed by atoms with van der Waals surface area (Å²) in [5.41, 5.74) is 6.08. The smallest absolute Gasteiger partial charge is 0.321 e. The molecule has 0 aliphatic carbocycles. The number of carboxylic acid groups (broad SMARTS) is 2. The van der Waals surface area contributed by atoms with Gasteiger partial charge in [-0.05, 0) is 47.1 Å². The number of carboxylic acids is 2. The fourth-order valence-corrected chi connectivity index (χ4v) is 4.68. The van der Waals surface area contributed by atoms with Crippen molar-refractivity contribution in [3.63, 3.8) is 0 Å². The summed E-state index contributed by atoms with van der Waals surface area (Å²) < 4.78 is 0. The van der Waals surface area contributed by atoms with Crippen LogP contribution < -0.4 is 16.0 Å². The van der Waals surface area contributed by atoms with Crippen LogP contribution in [0.3, 0.4) is 0 Å². The molecular formula is C31H39N3O4. The second kappa shape index (κ2) is 15.0. The standard InChI is InChI=1S/C19H22N2O2.C10H11NO2.C2H6/c22-19(23)18(10-14-6-2-1-3-7-14)21-13-17-11-15-8-4-5-9-16(15)12-20-17;12-10(13)9-5-7-3-1-2-4-8(7)6-11-9;1-2/h1-9,17-18,20-21H,10-13H2,(H,22,23);1-4,9,11H,5-6H2,(H,12,13);1-2H3/t17-,18-;9-;/m00./s1. The molecule has 0 amide bonds. The first-order valence-corrected chi connectivity index (χ1v) is 13.3. The average molecular weight is 518 g/mol. The molecule has 2 aliphatic rings. The first kappa shape index (κ1) is 29.0. The maximum absolute atomic E-state index is 11.5. The summed E-state index contributed by atoms with van der Waals surface area (Å²) in [6, 6.07) is 25.4. The van der Waals surface area contributed by atoms with E-state index in [1.54, 1.807) is 0 Å². The maximum atomic E-state index is 11.5. The summed E-state index contributed by atoms with van der Waals surface area (Å²) >= 11 is 0. The summed E-state index contributed by atoms with van der Waals surface area (Å²) in [6.07, 6.45) is 2.02. The van der Waals surface area contributed by atoms with E-state index in [1.165, 1.54) is 16.7 Å². The van der Waals surface area contributed by atoms with Crippen LogP contribution in [0.25, 0.3) is 0 Å². The zero-order chi connectivity index (χ0) is 27.3. The molecular weight excluding hydrogens is 478 g/mol. The Kier molecular flexibility index (Phi) is 11.5. The van der Waals surface area contributed by atoms with Crippen LogP contribution in [0.2, 0.25) is 0 Å². The lowest BCUT2D eigenvalue weighted by molar-refractivity contribution is -0.140. The van der Waals surface area contributed by atoms with Gasteiger partial charge in [-0.25, -0.2) is 0 Å². The lowest BCUT2D eigenvalue weighted by Gasteiger charge is -2.27. The second-order valence-corrected chi connectivity index (χ2v) is 9.28. The molecule has 3 atom stereocenters. The lowest BCUT2D eigenvalue weighted by atomic mass is 9.95. The Bertz CT molecular complexity index is 1170. The molecule has 0 saturated carbocycles. The fourth-order valence-electron chi connectivity index (χ4n) is 4.68. The zero-order valence-corrected chi connectivity index (χ0v) is 22.2. The van der Waals surface area contributed by atoms with Gasteiger partial charge in [-0.15, -0.1) is 0 Å². The molecule has 0 fully saturated rings. The SMILES string of the molecule is CC.O=C(O)[C@@H]1Cc2ccccc2CN1.O=C(O)[C@H](Cc1ccccc1)NC[C@@H]1Cc2ccccc2CN1. The molecule has 3 aromatic rings. The average Bonchev–Trinajstić information content (AvgIpc) is 2.96.